The van der Waals surface area contributed by atoms with Gasteiger partial charge in [0.05, 0.1) is 0 Å². The van der Waals surface area contributed by atoms with Crippen molar-refractivity contribution in [3.8, 4) is 0 Å². The number of amides is 1. The second-order valence-electron chi connectivity index (χ2n) is 5.10. The zero-order chi connectivity index (χ0) is 13.3. The monoisotopic (exact) mass is 286 g/mol. The molecule has 3 nitrogen and oxygen atoms in total. The van der Waals surface area contributed by atoms with E-state index in [2.05, 4.69) is 0 Å². The number of rotatable bonds is 2. The number of carbonyl (C=O) groups excluding carboxylic acids is 1. The van der Waals surface area contributed by atoms with E-state index in [0.29, 0.717) is 24.6 Å². The highest BCUT2D eigenvalue weighted by Gasteiger charge is 2.32. The van der Waals surface area contributed by atoms with Crippen LogP contribution in [0.3, 0.4) is 0 Å². The first kappa shape index (κ1) is 15.9. The molecule has 1 amide bonds. The predicted octanol–water partition coefficient (Wildman–Crippen LogP) is 2.37. The van der Waals surface area contributed by atoms with Gasteiger partial charge in [0.2, 0.25) is 0 Å². The van der Waals surface area contributed by atoms with Gasteiger partial charge in [0.15, 0.2) is 0 Å². The van der Waals surface area contributed by atoms with Gasteiger partial charge < -0.3 is 10.6 Å². The van der Waals surface area contributed by atoms with Crippen LogP contribution in [0.4, 0.5) is 4.39 Å². The van der Waals surface area contributed by atoms with Gasteiger partial charge in [-0.15, -0.1) is 12.4 Å². The zero-order valence-corrected chi connectivity index (χ0v) is 12.0. The van der Waals surface area contributed by atoms with Crippen molar-refractivity contribution in [2.75, 3.05) is 13.1 Å². The highest BCUT2D eigenvalue weighted by atomic mass is 35.5. The first-order valence-corrected chi connectivity index (χ1v) is 6.30. The topological polar surface area (TPSA) is 46.3 Å². The van der Waals surface area contributed by atoms with Gasteiger partial charge in [0, 0.05) is 18.2 Å². The Bertz CT molecular complexity index is 467. The summed E-state index contributed by atoms with van der Waals surface area (Å²) >= 11 is 0. The van der Waals surface area contributed by atoms with Crippen LogP contribution in [0.2, 0.25) is 0 Å². The van der Waals surface area contributed by atoms with Gasteiger partial charge in [-0.3, -0.25) is 4.79 Å². The Morgan fingerprint density at radius 3 is 2.79 bits per heavy atom. The highest BCUT2D eigenvalue weighted by Crippen LogP contribution is 2.25. The smallest absolute Gasteiger partial charge is 0.254 e. The first-order valence-electron chi connectivity index (χ1n) is 6.30. The average Bonchev–Trinajstić information content (AvgIpc) is 2.73. The number of halogens is 2. The maximum atomic E-state index is 13.2. The van der Waals surface area contributed by atoms with Gasteiger partial charge in [0.25, 0.3) is 5.91 Å². The van der Waals surface area contributed by atoms with Crippen LogP contribution in [-0.4, -0.2) is 29.9 Å². The Morgan fingerprint density at radius 1 is 1.53 bits per heavy atom. The summed E-state index contributed by atoms with van der Waals surface area (Å²) in [7, 11) is 0. The van der Waals surface area contributed by atoms with Crippen molar-refractivity contribution in [1.82, 2.24) is 4.90 Å². The Balaban J connectivity index is 0.00000180. The van der Waals surface area contributed by atoms with E-state index in [1.807, 2.05) is 13.8 Å². The number of nitrogens with zero attached hydrogens (tertiary/aromatic N) is 1. The molecule has 2 rings (SSSR count). The summed E-state index contributed by atoms with van der Waals surface area (Å²) in [5.74, 6) is -0.0977. The van der Waals surface area contributed by atoms with Crippen LogP contribution in [0.1, 0.15) is 29.3 Å². The van der Waals surface area contributed by atoms with E-state index < -0.39 is 0 Å². The van der Waals surface area contributed by atoms with Gasteiger partial charge in [-0.25, -0.2) is 4.39 Å². The molecule has 1 heterocycles. The molecule has 0 aliphatic carbocycles. The molecule has 0 spiro atoms. The Hall–Kier alpha value is -1.13. The lowest BCUT2D eigenvalue weighted by atomic mass is 10.1. The molecule has 2 atom stereocenters. The standard InChI is InChI=1S/C14H19FN2O.ClH/c1-9-3-4-12(15)6-13(9)14(18)17-8-11(7-16)5-10(17)2;/h3-4,6,10-11H,5,7-8,16H2,1-2H3;1H. The van der Waals surface area contributed by atoms with E-state index in [9.17, 15) is 9.18 Å². The van der Waals surface area contributed by atoms with Gasteiger partial charge in [0.1, 0.15) is 5.82 Å². The number of likely N-dealkylation sites (tertiary alicyclic amines) is 1. The van der Waals surface area contributed by atoms with Crippen molar-refractivity contribution in [1.29, 1.82) is 0 Å². The minimum absolute atomic E-state index is 0. The van der Waals surface area contributed by atoms with E-state index >= 15 is 0 Å². The number of carbonyl (C=O) groups is 1. The molecule has 0 radical (unpaired) electrons. The molecule has 2 N–H and O–H groups in total. The summed E-state index contributed by atoms with van der Waals surface area (Å²) in [5.41, 5.74) is 6.92. The predicted molar refractivity (Wildman–Crippen MR) is 76.0 cm³/mol. The molecule has 0 bridgehead atoms. The summed E-state index contributed by atoms with van der Waals surface area (Å²) in [6.07, 6.45) is 0.927. The number of hydrogen-bond donors (Lipinski definition) is 1. The van der Waals surface area contributed by atoms with Crippen molar-refractivity contribution in [3.63, 3.8) is 0 Å². The second kappa shape index (κ2) is 6.35. The molecule has 1 aliphatic rings. The molecular formula is C14H20ClFN2O. The average molecular weight is 287 g/mol. The van der Waals surface area contributed by atoms with Crippen LogP contribution in [-0.2, 0) is 0 Å². The highest BCUT2D eigenvalue weighted by molar-refractivity contribution is 5.96. The van der Waals surface area contributed by atoms with Crippen LogP contribution in [0.15, 0.2) is 18.2 Å². The van der Waals surface area contributed by atoms with Crippen LogP contribution in [0.25, 0.3) is 0 Å². The molecule has 5 heteroatoms. The fourth-order valence-corrected chi connectivity index (χ4v) is 2.58. The second-order valence-corrected chi connectivity index (χ2v) is 5.10. The normalized spacial score (nSPS) is 22.2. The third-order valence-corrected chi connectivity index (χ3v) is 3.69. The van der Waals surface area contributed by atoms with Crippen molar-refractivity contribution >= 4 is 18.3 Å². The zero-order valence-electron chi connectivity index (χ0n) is 11.2. The van der Waals surface area contributed by atoms with Crippen molar-refractivity contribution in [2.24, 2.45) is 11.7 Å². The summed E-state index contributed by atoms with van der Waals surface area (Å²) < 4.78 is 13.2. The number of hydrogen-bond acceptors (Lipinski definition) is 2. The van der Waals surface area contributed by atoms with Crippen molar-refractivity contribution in [3.05, 3.63) is 35.1 Å². The first-order chi connectivity index (χ1) is 8.52. The fraction of sp³-hybridized carbons (Fsp3) is 0.500. The molecule has 1 aromatic rings. The maximum Gasteiger partial charge on any atom is 0.254 e. The largest absolute Gasteiger partial charge is 0.336 e. The van der Waals surface area contributed by atoms with Crippen LogP contribution >= 0.6 is 12.4 Å². The summed E-state index contributed by atoms with van der Waals surface area (Å²) in [6, 6.07) is 4.51. The SMILES string of the molecule is Cc1ccc(F)cc1C(=O)N1CC(CN)CC1C.Cl. The quantitative estimate of drug-likeness (QED) is 0.907. The van der Waals surface area contributed by atoms with Gasteiger partial charge >= 0.3 is 0 Å². The van der Waals surface area contributed by atoms with Crippen LogP contribution in [0.5, 0.6) is 0 Å². The van der Waals surface area contributed by atoms with Gasteiger partial charge in [-0.1, -0.05) is 6.07 Å². The third-order valence-electron chi connectivity index (χ3n) is 3.69. The van der Waals surface area contributed by atoms with Gasteiger partial charge in [-0.05, 0) is 50.4 Å². The molecule has 1 fully saturated rings. The lowest BCUT2D eigenvalue weighted by Gasteiger charge is -2.22. The Labute approximate surface area is 119 Å². The fourth-order valence-electron chi connectivity index (χ4n) is 2.58. The molecule has 0 aromatic heterocycles. The number of benzene rings is 1. The van der Waals surface area contributed by atoms with Crippen molar-refractivity contribution in [2.45, 2.75) is 26.3 Å². The van der Waals surface area contributed by atoms with E-state index in [1.165, 1.54) is 12.1 Å². The van der Waals surface area contributed by atoms with Crippen LogP contribution < -0.4 is 5.73 Å². The van der Waals surface area contributed by atoms with E-state index in [-0.39, 0.29) is 30.2 Å². The minimum Gasteiger partial charge on any atom is -0.336 e. The third kappa shape index (κ3) is 3.25. The van der Waals surface area contributed by atoms with Crippen LogP contribution in [0, 0.1) is 18.7 Å². The molecule has 1 aromatic carbocycles. The Kier molecular flexibility index (Phi) is 5.32. The molecule has 0 saturated carbocycles. The summed E-state index contributed by atoms with van der Waals surface area (Å²) in [4.78, 5) is 14.2. The molecule has 2 unspecified atom stereocenters. The summed E-state index contributed by atoms with van der Waals surface area (Å²) in [6.45, 7) is 5.11. The molecular weight excluding hydrogens is 267 g/mol. The van der Waals surface area contributed by atoms with E-state index in [1.54, 1.807) is 11.0 Å². The molecule has 106 valence electrons. The number of aryl methyl sites for hydroxylation is 1. The Morgan fingerprint density at radius 2 is 2.21 bits per heavy atom. The lowest BCUT2D eigenvalue weighted by molar-refractivity contribution is 0.0742. The lowest BCUT2D eigenvalue weighted by Crippen LogP contribution is -2.34. The molecule has 1 saturated heterocycles. The maximum absolute atomic E-state index is 13.2. The van der Waals surface area contributed by atoms with Gasteiger partial charge in [-0.2, -0.15) is 0 Å². The van der Waals surface area contributed by atoms with E-state index in [0.717, 1.165) is 12.0 Å². The molecule has 19 heavy (non-hydrogen) atoms. The number of nitrogens with two attached hydrogens (primary N) is 1. The van der Waals surface area contributed by atoms with Crippen molar-refractivity contribution < 1.29 is 9.18 Å². The summed E-state index contributed by atoms with van der Waals surface area (Å²) in [5, 5.41) is 0. The minimum atomic E-state index is -0.369. The molecule has 1 aliphatic heterocycles. The van der Waals surface area contributed by atoms with E-state index in [4.69, 9.17) is 5.73 Å².